The van der Waals surface area contributed by atoms with Crippen molar-refractivity contribution in [3.05, 3.63) is 53.4 Å². The molecule has 6 nitrogen and oxygen atoms in total. The van der Waals surface area contributed by atoms with E-state index in [1.54, 1.807) is 13.0 Å². The van der Waals surface area contributed by atoms with Crippen molar-refractivity contribution in [1.82, 2.24) is 14.8 Å². The molecule has 0 radical (unpaired) electrons. The van der Waals surface area contributed by atoms with E-state index >= 15 is 0 Å². The van der Waals surface area contributed by atoms with Crippen LogP contribution in [0.2, 0.25) is 0 Å². The molecule has 25 heavy (non-hydrogen) atoms. The normalized spacial score (nSPS) is 12.3. The number of aryl methyl sites for hydroxylation is 1. The van der Waals surface area contributed by atoms with Crippen LogP contribution in [-0.2, 0) is 16.2 Å². The van der Waals surface area contributed by atoms with Gasteiger partial charge in [0.2, 0.25) is 0 Å². The minimum absolute atomic E-state index is 0.00644. The van der Waals surface area contributed by atoms with Gasteiger partial charge in [-0.1, -0.05) is 0 Å². The number of nitrogens with one attached hydrogen (secondary N) is 1. The number of halogens is 3. The van der Waals surface area contributed by atoms with Crippen LogP contribution in [0.1, 0.15) is 10.4 Å². The van der Waals surface area contributed by atoms with Crippen LogP contribution in [0, 0.1) is 6.92 Å². The van der Waals surface area contributed by atoms with Gasteiger partial charge in [-0.3, -0.25) is 4.72 Å². The van der Waals surface area contributed by atoms with Gasteiger partial charge in [0.05, 0.1) is 16.9 Å². The summed E-state index contributed by atoms with van der Waals surface area (Å²) in [6, 6.07) is 5.73. The number of hydrogen-bond donors (Lipinski definition) is 1. The first-order valence-corrected chi connectivity index (χ1v) is 9.12. The lowest BCUT2D eigenvalue weighted by Gasteiger charge is -2.14. The number of nitrogens with zero attached hydrogens (tertiary/aromatic N) is 3. The van der Waals surface area contributed by atoms with Crippen LogP contribution in [0.25, 0.3) is 5.69 Å². The largest absolute Gasteiger partial charge is 0.416 e. The van der Waals surface area contributed by atoms with Crippen molar-refractivity contribution < 1.29 is 21.6 Å². The third-order valence-electron chi connectivity index (χ3n) is 3.21. The molecule has 2 heterocycles. The van der Waals surface area contributed by atoms with Crippen LogP contribution in [-0.4, -0.2) is 23.2 Å². The van der Waals surface area contributed by atoms with E-state index in [-0.39, 0.29) is 15.6 Å². The van der Waals surface area contributed by atoms with E-state index in [4.69, 9.17) is 0 Å². The number of anilines is 1. The number of thiophene rings is 1. The third kappa shape index (κ3) is 3.66. The van der Waals surface area contributed by atoms with Gasteiger partial charge < -0.3 is 0 Å². The molecular weight excluding hydrogens is 377 g/mol. The fourth-order valence-corrected chi connectivity index (χ4v) is 4.43. The summed E-state index contributed by atoms with van der Waals surface area (Å²) in [5.74, 6) is 0. The van der Waals surface area contributed by atoms with Crippen LogP contribution in [0.5, 0.6) is 0 Å². The minimum Gasteiger partial charge on any atom is -0.277 e. The molecule has 1 N–H and O–H groups in total. The van der Waals surface area contributed by atoms with Gasteiger partial charge in [-0.2, -0.15) is 18.3 Å². The molecule has 3 aromatic rings. The Kier molecular flexibility index (Phi) is 4.29. The Morgan fingerprint density at radius 1 is 1.20 bits per heavy atom. The molecule has 0 fully saturated rings. The molecule has 0 saturated heterocycles. The first-order valence-electron chi connectivity index (χ1n) is 6.82. The van der Waals surface area contributed by atoms with Crippen molar-refractivity contribution in [3.63, 3.8) is 0 Å². The van der Waals surface area contributed by atoms with Crippen molar-refractivity contribution in [2.24, 2.45) is 0 Å². The fourth-order valence-electron chi connectivity index (χ4n) is 2.08. The van der Waals surface area contributed by atoms with E-state index in [0.717, 1.165) is 34.4 Å². The topological polar surface area (TPSA) is 76.9 Å². The molecule has 0 amide bonds. The van der Waals surface area contributed by atoms with Gasteiger partial charge >= 0.3 is 6.18 Å². The number of alkyl halides is 3. The Bertz CT molecular complexity index is 996. The van der Waals surface area contributed by atoms with Crippen molar-refractivity contribution in [1.29, 1.82) is 0 Å². The lowest BCUT2D eigenvalue weighted by atomic mass is 10.1. The Balaban J connectivity index is 2.09. The van der Waals surface area contributed by atoms with Gasteiger partial charge in [0, 0.05) is 4.88 Å². The Morgan fingerprint density at radius 2 is 1.96 bits per heavy atom. The molecule has 3 rings (SSSR count). The fraction of sp³-hybridized carbons (Fsp3) is 0.143. The molecule has 0 aliphatic carbocycles. The molecule has 132 valence electrons. The molecular formula is C14H11F3N4O2S2. The first-order chi connectivity index (χ1) is 11.7. The third-order valence-corrected chi connectivity index (χ3v) is 6.07. The van der Waals surface area contributed by atoms with Gasteiger partial charge in [-0.15, -0.1) is 11.3 Å². The zero-order chi connectivity index (χ0) is 18.2. The highest BCUT2D eigenvalue weighted by atomic mass is 32.2. The molecule has 1 aromatic carbocycles. The molecule has 0 spiro atoms. The molecule has 0 aliphatic rings. The van der Waals surface area contributed by atoms with E-state index in [1.807, 2.05) is 0 Å². The van der Waals surface area contributed by atoms with Crippen molar-refractivity contribution in [2.45, 2.75) is 17.3 Å². The van der Waals surface area contributed by atoms with Crippen LogP contribution in [0.3, 0.4) is 0 Å². The standard InChI is InChI=1S/C14H11F3N4O2S2/c1-9-2-5-13(24-9)25(22,23)20-11-6-10(14(15,16)17)3-4-12(11)21-8-18-7-19-21/h2-8,20H,1H3. The van der Waals surface area contributed by atoms with Crippen LogP contribution < -0.4 is 4.72 Å². The SMILES string of the molecule is Cc1ccc(S(=O)(=O)Nc2cc(C(F)(F)F)ccc2-n2cncn2)s1. The molecule has 0 saturated carbocycles. The molecule has 0 bridgehead atoms. The van der Waals surface area contributed by atoms with Gasteiger partial charge in [-0.05, 0) is 37.3 Å². The highest BCUT2D eigenvalue weighted by Crippen LogP contribution is 2.34. The monoisotopic (exact) mass is 388 g/mol. The van der Waals surface area contributed by atoms with Crippen LogP contribution in [0.4, 0.5) is 18.9 Å². The van der Waals surface area contributed by atoms with Crippen LogP contribution in [0.15, 0.2) is 47.2 Å². The zero-order valence-corrected chi connectivity index (χ0v) is 14.3. The van der Waals surface area contributed by atoms with Gasteiger partial charge in [0.15, 0.2) is 0 Å². The Hall–Kier alpha value is -2.40. The number of rotatable bonds is 4. The van der Waals surface area contributed by atoms with E-state index in [0.29, 0.717) is 0 Å². The van der Waals surface area contributed by atoms with Gasteiger partial charge in [0.1, 0.15) is 16.9 Å². The second-order valence-electron chi connectivity index (χ2n) is 5.04. The van der Waals surface area contributed by atoms with Crippen molar-refractivity contribution in [3.8, 4) is 5.69 Å². The predicted molar refractivity (Wildman–Crippen MR) is 86.2 cm³/mol. The average molecular weight is 388 g/mol. The molecule has 0 atom stereocenters. The second kappa shape index (κ2) is 6.15. The molecule has 11 heteroatoms. The maximum absolute atomic E-state index is 13.0. The van der Waals surface area contributed by atoms with E-state index in [1.165, 1.54) is 23.4 Å². The maximum atomic E-state index is 13.0. The highest BCUT2D eigenvalue weighted by molar-refractivity contribution is 7.94. The van der Waals surface area contributed by atoms with Gasteiger partial charge in [-0.25, -0.2) is 18.1 Å². The summed E-state index contributed by atoms with van der Waals surface area (Å²) in [5, 5.41) is 3.84. The minimum atomic E-state index is -4.61. The zero-order valence-electron chi connectivity index (χ0n) is 12.6. The van der Waals surface area contributed by atoms with Gasteiger partial charge in [0.25, 0.3) is 10.0 Å². The van der Waals surface area contributed by atoms with Crippen molar-refractivity contribution in [2.75, 3.05) is 4.72 Å². The number of aromatic nitrogens is 3. The highest BCUT2D eigenvalue weighted by Gasteiger charge is 2.32. The summed E-state index contributed by atoms with van der Waals surface area (Å²) in [4.78, 5) is 4.49. The summed E-state index contributed by atoms with van der Waals surface area (Å²) in [7, 11) is -4.03. The summed E-state index contributed by atoms with van der Waals surface area (Å²) < 4.78 is 67.3. The molecule has 0 aliphatic heterocycles. The summed E-state index contributed by atoms with van der Waals surface area (Å²) >= 11 is 1.02. The van der Waals surface area contributed by atoms with E-state index in [9.17, 15) is 21.6 Å². The Labute approximate surface area is 145 Å². The van der Waals surface area contributed by atoms with E-state index in [2.05, 4.69) is 14.8 Å². The molecule has 2 aromatic heterocycles. The first kappa shape index (κ1) is 17.4. The Morgan fingerprint density at radius 3 is 2.52 bits per heavy atom. The summed E-state index contributed by atoms with van der Waals surface area (Å²) in [6.45, 7) is 1.73. The summed E-state index contributed by atoms with van der Waals surface area (Å²) in [6.07, 6.45) is -2.16. The molecule has 0 unspecified atom stereocenters. The number of sulfonamides is 1. The van der Waals surface area contributed by atoms with E-state index < -0.39 is 21.8 Å². The number of benzene rings is 1. The number of hydrogen-bond acceptors (Lipinski definition) is 5. The van der Waals surface area contributed by atoms with Crippen molar-refractivity contribution >= 4 is 27.0 Å². The quantitative estimate of drug-likeness (QED) is 0.743. The van der Waals surface area contributed by atoms with Crippen LogP contribution >= 0.6 is 11.3 Å². The average Bonchev–Trinajstić information content (AvgIpc) is 3.17. The maximum Gasteiger partial charge on any atom is 0.416 e. The smallest absolute Gasteiger partial charge is 0.277 e. The lowest BCUT2D eigenvalue weighted by Crippen LogP contribution is -2.15. The predicted octanol–water partition coefficient (Wildman–Crippen LogP) is 3.46. The lowest BCUT2D eigenvalue weighted by molar-refractivity contribution is -0.137. The second-order valence-corrected chi connectivity index (χ2v) is 8.24. The summed E-state index contributed by atoms with van der Waals surface area (Å²) in [5.41, 5.74) is -1.09.